The van der Waals surface area contributed by atoms with Gasteiger partial charge in [-0.25, -0.2) is 13.2 Å². The fourth-order valence-corrected chi connectivity index (χ4v) is 4.32. The van der Waals surface area contributed by atoms with Crippen LogP contribution < -0.4 is 5.32 Å². The van der Waals surface area contributed by atoms with Crippen LogP contribution in [0.3, 0.4) is 0 Å². The molecule has 0 spiro atoms. The second kappa shape index (κ2) is 4.99. The van der Waals surface area contributed by atoms with Gasteiger partial charge >= 0.3 is 6.03 Å². The first-order valence-corrected chi connectivity index (χ1v) is 7.14. The van der Waals surface area contributed by atoms with Gasteiger partial charge in [-0.15, -0.1) is 12.4 Å². The van der Waals surface area contributed by atoms with Crippen molar-refractivity contribution < 1.29 is 13.2 Å². The second-order valence-corrected chi connectivity index (χ2v) is 6.73. The van der Waals surface area contributed by atoms with E-state index in [-0.39, 0.29) is 42.0 Å². The summed E-state index contributed by atoms with van der Waals surface area (Å²) >= 11 is 0. The lowest BCUT2D eigenvalue weighted by molar-refractivity contribution is 0.130. The van der Waals surface area contributed by atoms with Crippen molar-refractivity contribution in [3.8, 4) is 0 Å². The predicted molar refractivity (Wildman–Crippen MR) is 67.3 cm³/mol. The molecule has 2 fully saturated rings. The number of fused-ring (bicyclic) bond motifs is 1. The van der Waals surface area contributed by atoms with Gasteiger partial charge in [0, 0.05) is 33.2 Å². The molecule has 0 radical (unpaired) electrons. The monoisotopic (exact) mass is 283 g/mol. The van der Waals surface area contributed by atoms with Gasteiger partial charge in [-0.05, 0) is 0 Å². The summed E-state index contributed by atoms with van der Waals surface area (Å²) in [7, 11) is 0.371. The highest BCUT2D eigenvalue weighted by molar-refractivity contribution is 7.91. The number of nitrogens with one attached hydrogen (secondary N) is 1. The van der Waals surface area contributed by atoms with Crippen molar-refractivity contribution in [2.24, 2.45) is 0 Å². The Labute approximate surface area is 108 Å². The van der Waals surface area contributed by atoms with Crippen LogP contribution in [0.2, 0.25) is 0 Å². The number of hydrogen-bond donors (Lipinski definition) is 1. The Hall–Kier alpha value is -0.530. The van der Waals surface area contributed by atoms with Crippen molar-refractivity contribution in [1.82, 2.24) is 15.1 Å². The van der Waals surface area contributed by atoms with Crippen molar-refractivity contribution in [2.45, 2.75) is 12.1 Å². The molecule has 2 aliphatic rings. The summed E-state index contributed by atoms with van der Waals surface area (Å²) < 4.78 is 23.1. The SMILES string of the molecule is CN(C)C(=O)N1CCN[C@H]2CS(=O)(=O)C[C@H]21.Cl. The number of carbonyl (C=O) groups is 1. The molecular weight excluding hydrogens is 266 g/mol. The highest BCUT2D eigenvalue weighted by atomic mass is 35.5. The molecule has 0 bridgehead atoms. The van der Waals surface area contributed by atoms with E-state index in [0.29, 0.717) is 13.1 Å². The minimum absolute atomic E-state index is 0. The Morgan fingerprint density at radius 3 is 2.59 bits per heavy atom. The number of piperazine rings is 1. The predicted octanol–water partition coefficient (Wildman–Crippen LogP) is -0.839. The molecule has 100 valence electrons. The number of halogens is 1. The third kappa shape index (κ3) is 2.83. The quantitative estimate of drug-likeness (QED) is 0.629. The van der Waals surface area contributed by atoms with E-state index >= 15 is 0 Å². The van der Waals surface area contributed by atoms with E-state index in [1.807, 2.05) is 0 Å². The van der Waals surface area contributed by atoms with Crippen LogP contribution >= 0.6 is 12.4 Å². The number of nitrogens with zero attached hydrogens (tertiary/aromatic N) is 2. The van der Waals surface area contributed by atoms with Gasteiger partial charge in [0.1, 0.15) is 0 Å². The van der Waals surface area contributed by atoms with E-state index in [9.17, 15) is 13.2 Å². The first-order chi connectivity index (χ1) is 7.41. The van der Waals surface area contributed by atoms with Crippen molar-refractivity contribution in [3.05, 3.63) is 0 Å². The zero-order chi connectivity index (χ0) is 11.9. The van der Waals surface area contributed by atoms with Crippen molar-refractivity contribution in [2.75, 3.05) is 38.7 Å². The molecule has 0 aliphatic carbocycles. The molecule has 2 saturated heterocycles. The summed E-state index contributed by atoms with van der Waals surface area (Å²) in [4.78, 5) is 15.0. The smallest absolute Gasteiger partial charge is 0.319 e. The van der Waals surface area contributed by atoms with Gasteiger partial charge in [0.25, 0.3) is 0 Å². The van der Waals surface area contributed by atoms with Gasteiger partial charge in [-0.3, -0.25) is 0 Å². The number of urea groups is 1. The Morgan fingerprint density at radius 1 is 1.35 bits per heavy atom. The standard InChI is InChI=1S/C9H17N3O3S.ClH/c1-11(2)9(13)12-4-3-10-7-5-16(14,15)6-8(7)12;/h7-8,10H,3-6H2,1-2H3;1H/t7-,8+;/m0./s1. The molecule has 8 heteroatoms. The largest absolute Gasteiger partial charge is 0.331 e. The van der Waals surface area contributed by atoms with Gasteiger partial charge in [0.05, 0.1) is 17.5 Å². The summed E-state index contributed by atoms with van der Waals surface area (Å²) in [6.45, 7) is 1.24. The van der Waals surface area contributed by atoms with Crippen LogP contribution in [0, 0.1) is 0 Å². The summed E-state index contributed by atoms with van der Waals surface area (Å²) in [5, 5.41) is 3.17. The van der Waals surface area contributed by atoms with Crippen LogP contribution in [-0.4, -0.2) is 75.0 Å². The Kier molecular flexibility index (Phi) is 4.27. The van der Waals surface area contributed by atoms with Gasteiger partial charge in [-0.1, -0.05) is 0 Å². The lowest BCUT2D eigenvalue weighted by Crippen LogP contribution is -2.60. The molecule has 0 unspecified atom stereocenters. The molecule has 0 aromatic heterocycles. The molecule has 17 heavy (non-hydrogen) atoms. The van der Waals surface area contributed by atoms with Gasteiger partial charge in [-0.2, -0.15) is 0 Å². The molecule has 0 aromatic carbocycles. The third-order valence-corrected chi connectivity index (χ3v) is 4.83. The van der Waals surface area contributed by atoms with Crippen molar-refractivity contribution >= 4 is 28.3 Å². The van der Waals surface area contributed by atoms with Gasteiger partial charge < -0.3 is 15.1 Å². The molecule has 2 atom stereocenters. The fourth-order valence-electron chi connectivity index (χ4n) is 2.36. The molecule has 1 N–H and O–H groups in total. The van der Waals surface area contributed by atoms with Crippen LogP contribution in [-0.2, 0) is 9.84 Å². The summed E-state index contributed by atoms with van der Waals surface area (Å²) in [5.41, 5.74) is 0. The molecular formula is C9H18ClN3O3S. The highest BCUT2D eigenvalue weighted by Gasteiger charge is 2.44. The van der Waals surface area contributed by atoms with Crippen LogP contribution in [0.5, 0.6) is 0 Å². The minimum Gasteiger partial charge on any atom is -0.331 e. The lowest BCUT2D eigenvalue weighted by atomic mass is 10.1. The number of sulfone groups is 1. The first kappa shape index (κ1) is 14.5. The van der Waals surface area contributed by atoms with E-state index in [2.05, 4.69) is 5.32 Å². The fraction of sp³-hybridized carbons (Fsp3) is 0.889. The van der Waals surface area contributed by atoms with Crippen LogP contribution in [0.15, 0.2) is 0 Å². The molecule has 0 saturated carbocycles. The Balaban J connectivity index is 0.00000144. The maximum absolute atomic E-state index is 11.9. The average molecular weight is 284 g/mol. The third-order valence-electron chi connectivity index (χ3n) is 3.11. The topological polar surface area (TPSA) is 69.7 Å². The zero-order valence-corrected chi connectivity index (χ0v) is 11.6. The number of amides is 2. The Bertz CT molecular complexity index is 398. The Morgan fingerprint density at radius 2 is 2.00 bits per heavy atom. The number of rotatable bonds is 0. The first-order valence-electron chi connectivity index (χ1n) is 5.32. The van der Waals surface area contributed by atoms with E-state index in [1.165, 1.54) is 4.90 Å². The zero-order valence-electron chi connectivity index (χ0n) is 9.92. The molecule has 2 heterocycles. The average Bonchev–Trinajstić information content (AvgIpc) is 2.49. The van der Waals surface area contributed by atoms with Crippen LogP contribution in [0.25, 0.3) is 0 Å². The van der Waals surface area contributed by atoms with Gasteiger partial charge in [0.15, 0.2) is 9.84 Å². The van der Waals surface area contributed by atoms with E-state index in [1.54, 1.807) is 19.0 Å². The van der Waals surface area contributed by atoms with Crippen molar-refractivity contribution in [1.29, 1.82) is 0 Å². The van der Waals surface area contributed by atoms with Gasteiger partial charge in [0.2, 0.25) is 0 Å². The maximum Gasteiger partial charge on any atom is 0.319 e. The van der Waals surface area contributed by atoms with E-state index in [4.69, 9.17) is 0 Å². The van der Waals surface area contributed by atoms with E-state index < -0.39 is 9.84 Å². The second-order valence-electron chi connectivity index (χ2n) is 4.58. The molecule has 2 aliphatic heterocycles. The maximum atomic E-state index is 11.9. The summed E-state index contributed by atoms with van der Waals surface area (Å²) in [6, 6.07) is -0.398. The van der Waals surface area contributed by atoms with Crippen LogP contribution in [0.4, 0.5) is 4.79 Å². The summed E-state index contributed by atoms with van der Waals surface area (Å²) in [6.07, 6.45) is 0. The summed E-state index contributed by atoms with van der Waals surface area (Å²) in [5.74, 6) is 0.235. The number of hydrogen-bond acceptors (Lipinski definition) is 4. The normalized spacial score (nSPS) is 30.4. The lowest BCUT2D eigenvalue weighted by Gasteiger charge is -2.38. The van der Waals surface area contributed by atoms with Crippen molar-refractivity contribution in [3.63, 3.8) is 0 Å². The van der Waals surface area contributed by atoms with E-state index in [0.717, 1.165) is 0 Å². The van der Waals surface area contributed by atoms with Crippen LogP contribution in [0.1, 0.15) is 0 Å². The molecule has 2 amide bonds. The molecule has 6 nitrogen and oxygen atoms in total. The molecule has 0 aromatic rings. The highest BCUT2D eigenvalue weighted by Crippen LogP contribution is 2.21. The molecule has 2 rings (SSSR count). The minimum atomic E-state index is -3.00. The number of carbonyl (C=O) groups excluding carboxylic acids is 1.